The summed E-state index contributed by atoms with van der Waals surface area (Å²) >= 11 is 1.33. The van der Waals surface area contributed by atoms with Gasteiger partial charge in [0.2, 0.25) is 5.91 Å². The molecule has 0 aliphatic rings. The van der Waals surface area contributed by atoms with Crippen LogP contribution in [-0.2, 0) is 15.7 Å². The molecule has 0 unspecified atom stereocenters. The van der Waals surface area contributed by atoms with Crippen LogP contribution in [0.15, 0.2) is 41.3 Å². The van der Waals surface area contributed by atoms with E-state index in [2.05, 4.69) is 5.32 Å². The van der Waals surface area contributed by atoms with Gasteiger partial charge >= 0.3 is 6.18 Å². The fourth-order valence-electron chi connectivity index (χ4n) is 2.36. The highest BCUT2D eigenvalue weighted by atomic mass is 32.2. The molecule has 0 spiro atoms. The first-order chi connectivity index (χ1) is 13.2. The Morgan fingerprint density at radius 3 is 2.54 bits per heavy atom. The third-order valence-corrected chi connectivity index (χ3v) is 4.99. The van der Waals surface area contributed by atoms with Crippen molar-refractivity contribution in [3.05, 3.63) is 53.1 Å². The van der Waals surface area contributed by atoms with Crippen LogP contribution >= 0.6 is 11.8 Å². The molecular weight excluding hydrogens is 391 g/mol. The van der Waals surface area contributed by atoms with Crippen LogP contribution in [0.1, 0.15) is 16.7 Å². The predicted octanol–water partition coefficient (Wildman–Crippen LogP) is 5.08. The van der Waals surface area contributed by atoms with E-state index in [-0.39, 0.29) is 30.4 Å². The average Bonchev–Trinajstić information content (AvgIpc) is 2.63. The number of benzene rings is 2. The Labute approximate surface area is 166 Å². The molecule has 0 bridgehead atoms. The summed E-state index contributed by atoms with van der Waals surface area (Å²) in [6.45, 7) is 4.32. The molecule has 1 amide bonds. The molecule has 0 fully saturated rings. The van der Waals surface area contributed by atoms with E-state index in [0.29, 0.717) is 0 Å². The highest BCUT2D eigenvalue weighted by Crippen LogP contribution is 2.35. The first kappa shape index (κ1) is 22.1. The van der Waals surface area contributed by atoms with E-state index in [4.69, 9.17) is 9.47 Å². The lowest BCUT2D eigenvalue weighted by atomic mass is 10.1. The number of ether oxygens (including phenoxy) is 2. The number of hydrogen-bond acceptors (Lipinski definition) is 4. The van der Waals surface area contributed by atoms with Crippen molar-refractivity contribution in [2.45, 2.75) is 24.9 Å². The van der Waals surface area contributed by atoms with E-state index >= 15 is 0 Å². The quantitative estimate of drug-likeness (QED) is 0.484. The molecule has 0 aliphatic carbocycles. The number of thioether (sulfide) groups is 1. The maximum absolute atomic E-state index is 13.0. The number of methoxy groups -OCH3 is 1. The van der Waals surface area contributed by atoms with Gasteiger partial charge in [-0.3, -0.25) is 4.79 Å². The van der Waals surface area contributed by atoms with Gasteiger partial charge in [-0.05, 0) is 43.7 Å². The normalized spacial score (nSPS) is 11.4. The van der Waals surface area contributed by atoms with Gasteiger partial charge in [0.15, 0.2) is 0 Å². The third-order valence-electron chi connectivity index (χ3n) is 3.83. The van der Waals surface area contributed by atoms with E-state index in [1.807, 2.05) is 32.0 Å². The number of amides is 1. The summed E-state index contributed by atoms with van der Waals surface area (Å²) in [6, 6.07) is 8.91. The van der Waals surface area contributed by atoms with Crippen molar-refractivity contribution in [1.29, 1.82) is 0 Å². The van der Waals surface area contributed by atoms with Gasteiger partial charge in [0.1, 0.15) is 12.4 Å². The third kappa shape index (κ3) is 6.45. The van der Waals surface area contributed by atoms with E-state index in [9.17, 15) is 18.0 Å². The molecule has 2 rings (SSSR count). The van der Waals surface area contributed by atoms with Crippen LogP contribution in [0, 0.1) is 13.8 Å². The zero-order valence-electron chi connectivity index (χ0n) is 15.9. The second kappa shape index (κ2) is 9.84. The van der Waals surface area contributed by atoms with Gasteiger partial charge in [0, 0.05) is 12.0 Å². The maximum atomic E-state index is 13.0. The van der Waals surface area contributed by atoms with E-state index < -0.39 is 17.6 Å². The Hall–Kier alpha value is -2.19. The topological polar surface area (TPSA) is 47.6 Å². The lowest BCUT2D eigenvalue weighted by Gasteiger charge is -2.15. The smallest absolute Gasteiger partial charge is 0.416 e. The Balaban J connectivity index is 2.12. The lowest BCUT2D eigenvalue weighted by molar-refractivity contribution is -0.137. The van der Waals surface area contributed by atoms with Crippen LogP contribution in [0.4, 0.5) is 18.9 Å². The molecule has 2 aromatic rings. The minimum Gasteiger partial charge on any atom is -0.489 e. The van der Waals surface area contributed by atoms with Crippen LogP contribution < -0.4 is 10.1 Å². The standard InChI is InChI=1S/C20H22F3NO3S/c1-13-4-5-14(2)18(10-13)28-12-19(25)24-16-11-15(20(21,22)23)6-7-17(16)27-9-8-26-3/h4-7,10-11H,8-9,12H2,1-3H3,(H,24,25). The molecule has 0 aliphatic heterocycles. The second-order valence-corrected chi connectivity index (χ2v) is 7.17. The lowest BCUT2D eigenvalue weighted by Crippen LogP contribution is -2.17. The first-order valence-electron chi connectivity index (χ1n) is 8.53. The van der Waals surface area contributed by atoms with E-state index in [1.165, 1.54) is 24.9 Å². The summed E-state index contributed by atoms with van der Waals surface area (Å²) in [5.41, 5.74) is 1.23. The minimum absolute atomic E-state index is 0.0162. The van der Waals surface area contributed by atoms with Crippen molar-refractivity contribution < 1.29 is 27.4 Å². The van der Waals surface area contributed by atoms with Crippen molar-refractivity contribution in [3.63, 3.8) is 0 Å². The van der Waals surface area contributed by atoms with Crippen molar-refractivity contribution in [2.75, 3.05) is 31.4 Å². The SMILES string of the molecule is COCCOc1ccc(C(F)(F)F)cc1NC(=O)CSc1cc(C)ccc1C. The van der Waals surface area contributed by atoms with Gasteiger partial charge in [-0.15, -0.1) is 11.8 Å². The van der Waals surface area contributed by atoms with E-state index in [0.717, 1.165) is 28.2 Å². The molecule has 8 heteroatoms. The van der Waals surface area contributed by atoms with Crippen LogP contribution in [-0.4, -0.2) is 32.0 Å². The van der Waals surface area contributed by atoms with Gasteiger partial charge in [-0.25, -0.2) is 0 Å². The van der Waals surface area contributed by atoms with Crippen LogP contribution in [0.5, 0.6) is 5.75 Å². The number of halogens is 3. The highest BCUT2D eigenvalue weighted by molar-refractivity contribution is 8.00. The van der Waals surface area contributed by atoms with E-state index in [1.54, 1.807) is 0 Å². The maximum Gasteiger partial charge on any atom is 0.416 e. The molecule has 28 heavy (non-hydrogen) atoms. The fraction of sp³-hybridized carbons (Fsp3) is 0.350. The predicted molar refractivity (Wildman–Crippen MR) is 104 cm³/mol. The fourth-order valence-corrected chi connectivity index (χ4v) is 3.28. The molecule has 2 aromatic carbocycles. The minimum atomic E-state index is -4.52. The largest absolute Gasteiger partial charge is 0.489 e. The Morgan fingerprint density at radius 1 is 1.11 bits per heavy atom. The molecular formula is C20H22F3NO3S. The second-order valence-electron chi connectivity index (χ2n) is 6.16. The van der Waals surface area contributed by atoms with Gasteiger partial charge < -0.3 is 14.8 Å². The molecule has 4 nitrogen and oxygen atoms in total. The molecule has 0 saturated heterocycles. The number of anilines is 1. The monoisotopic (exact) mass is 413 g/mol. The highest BCUT2D eigenvalue weighted by Gasteiger charge is 2.31. The van der Waals surface area contributed by atoms with Crippen molar-refractivity contribution >= 4 is 23.4 Å². The van der Waals surface area contributed by atoms with Crippen LogP contribution in [0.25, 0.3) is 0 Å². The summed E-state index contributed by atoms with van der Waals surface area (Å²) < 4.78 is 49.4. The Morgan fingerprint density at radius 2 is 1.86 bits per heavy atom. The number of carbonyl (C=O) groups excluding carboxylic acids is 1. The zero-order valence-corrected chi connectivity index (χ0v) is 16.7. The summed E-state index contributed by atoms with van der Waals surface area (Å²) in [4.78, 5) is 13.3. The molecule has 0 radical (unpaired) electrons. The summed E-state index contributed by atoms with van der Waals surface area (Å²) in [5, 5.41) is 2.53. The number of alkyl halides is 3. The van der Waals surface area contributed by atoms with Gasteiger partial charge in [-0.2, -0.15) is 13.2 Å². The van der Waals surface area contributed by atoms with Crippen molar-refractivity contribution in [2.24, 2.45) is 0 Å². The average molecular weight is 413 g/mol. The van der Waals surface area contributed by atoms with Crippen LogP contribution in [0.2, 0.25) is 0 Å². The van der Waals surface area contributed by atoms with Crippen molar-refractivity contribution in [3.8, 4) is 5.75 Å². The van der Waals surface area contributed by atoms with Gasteiger partial charge in [0.05, 0.1) is 23.6 Å². The number of aryl methyl sites for hydroxylation is 2. The molecule has 0 saturated carbocycles. The number of nitrogens with one attached hydrogen (secondary N) is 1. The van der Waals surface area contributed by atoms with Gasteiger partial charge in [-0.1, -0.05) is 17.7 Å². The summed E-state index contributed by atoms with van der Waals surface area (Å²) in [6.07, 6.45) is -4.52. The summed E-state index contributed by atoms with van der Waals surface area (Å²) in [7, 11) is 1.49. The number of rotatable bonds is 8. The number of carbonyl (C=O) groups is 1. The molecule has 152 valence electrons. The van der Waals surface area contributed by atoms with Crippen molar-refractivity contribution in [1.82, 2.24) is 0 Å². The molecule has 1 N–H and O–H groups in total. The Bertz CT molecular complexity index is 825. The zero-order chi connectivity index (χ0) is 20.7. The van der Waals surface area contributed by atoms with Gasteiger partial charge in [0.25, 0.3) is 0 Å². The van der Waals surface area contributed by atoms with Crippen LogP contribution in [0.3, 0.4) is 0 Å². The Kier molecular flexibility index (Phi) is 7.77. The first-order valence-corrected chi connectivity index (χ1v) is 9.52. The molecule has 0 aromatic heterocycles. The number of hydrogen-bond donors (Lipinski definition) is 1. The molecule has 0 atom stereocenters. The summed E-state index contributed by atoms with van der Waals surface area (Å²) in [5.74, 6) is -0.185. The molecule has 0 heterocycles.